The summed E-state index contributed by atoms with van der Waals surface area (Å²) in [6.45, 7) is 1.04. The first-order valence-electron chi connectivity index (χ1n) is 8.39. The van der Waals surface area contributed by atoms with Crippen molar-refractivity contribution in [2.45, 2.75) is 31.5 Å². The molecule has 1 fully saturated rings. The number of amides is 1. The maximum absolute atomic E-state index is 12.6. The number of rotatable bonds is 3. The number of nitrogens with zero attached hydrogens (tertiary/aromatic N) is 1. The maximum Gasteiger partial charge on any atom is 0.406 e. The fourth-order valence-corrected chi connectivity index (χ4v) is 4.11. The number of fused-ring (bicyclic) bond motifs is 1. The van der Waals surface area contributed by atoms with Crippen molar-refractivity contribution in [2.75, 3.05) is 6.54 Å². The van der Waals surface area contributed by atoms with Crippen molar-refractivity contribution in [3.63, 3.8) is 0 Å². The Morgan fingerprint density at radius 2 is 1.72 bits per heavy atom. The lowest BCUT2D eigenvalue weighted by Gasteiger charge is -2.17. The van der Waals surface area contributed by atoms with E-state index in [9.17, 15) is 18.0 Å². The molecule has 1 aliphatic carbocycles. The van der Waals surface area contributed by atoms with E-state index in [-0.39, 0.29) is 6.54 Å². The van der Waals surface area contributed by atoms with Gasteiger partial charge in [-0.25, -0.2) is 0 Å². The molecule has 25 heavy (non-hydrogen) atoms. The van der Waals surface area contributed by atoms with Crippen LogP contribution in [0.5, 0.6) is 0 Å². The third-order valence-corrected chi connectivity index (χ3v) is 5.33. The summed E-state index contributed by atoms with van der Waals surface area (Å²) in [6, 6.07) is 15.8. The van der Waals surface area contributed by atoms with Gasteiger partial charge in [0.05, 0.1) is 0 Å². The lowest BCUT2D eigenvalue weighted by molar-refractivity contribution is -0.140. The van der Waals surface area contributed by atoms with Gasteiger partial charge in [-0.2, -0.15) is 13.2 Å². The molecule has 0 N–H and O–H groups in total. The molecule has 2 aliphatic rings. The Bertz CT molecular complexity index is 815. The molecule has 3 atom stereocenters. The number of carbonyl (C=O) groups excluding carboxylic acids is 1. The van der Waals surface area contributed by atoms with Gasteiger partial charge in [0.2, 0.25) is 0 Å². The van der Waals surface area contributed by atoms with E-state index in [1.54, 1.807) is 6.07 Å². The average Bonchev–Trinajstić information content (AvgIpc) is 3.14. The van der Waals surface area contributed by atoms with E-state index in [0.717, 1.165) is 10.5 Å². The predicted molar refractivity (Wildman–Crippen MR) is 88.3 cm³/mol. The van der Waals surface area contributed by atoms with E-state index in [1.807, 2.05) is 30.3 Å². The molecule has 4 rings (SSSR count). The highest BCUT2D eigenvalue weighted by Gasteiger charge is 2.48. The van der Waals surface area contributed by atoms with Crippen molar-refractivity contribution in [2.24, 2.45) is 5.92 Å². The van der Waals surface area contributed by atoms with Crippen molar-refractivity contribution in [1.82, 2.24) is 4.90 Å². The summed E-state index contributed by atoms with van der Waals surface area (Å²) >= 11 is 0. The largest absolute Gasteiger partial charge is 0.406 e. The van der Waals surface area contributed by atoms with Gasteiger partial charge in [-0.05, 0) is 40.5 Å². The van der Waals surface area contributed by atoms with Crippen LogP contribution >= 0.6 is 0 Å². The quantitative estimate of drug-likeness (QED) is 0.788. The topological polar surface area (TPSA) is 20.3 Å². The molecule has 2 aromatic carbocycles. The van der Waals surface area contributed by atoms with Crippen LogP contribution in [0, 0.1) is 5.92 Å². The second kappa shape index (κ2) is 5.61. The molecule has 0 saturated heterocycles. The normalized spacial score (nSPS) is 25.2. The number of halogens is 3. The number of alkyl halides is 3. The molecule has 1 aliphatic heterocycles. The molecule has 5 heteroatoms. The highest BCUT2D eigenvalue weighted by atomic mass is 19.4. The Morgan fingerprint density at radius 1 is 1.04 bits per heavy atom. The van der Waals surface area contributed by atoms with Gasteiger partial charge in [0.1, 0.15) is 6.54 Å². The molecular weight excluding hydrogens is 327 g/mol. The van der Waals surface area contributed by atoms with E-state index < -0.39 is 18.6 Å². The number of carbonyl (C=O) groups is 1. The van der Waals surface area contributed by atoms with Crippen LogP contribution in [0.15, 0.2) is 48.5 Å². The zero-order valence-electron chi connectivity index (χ0n) is 13.8. The molecule has 0 spiro atoms. The van der Waals surface area contributed by atoms with E-state index in [1.165, 1.54) is 5.56 Å². The Balaban J connectivity index is 1.56. The van der Waals surface area contributed by atoms with Crippen LogP contribution in [0.25, 0.3) is 0 Å². The van der Waals surface area contributed by atoms with Crippen molar-refractivity contribution < 1.29 is 18.0 Å². The summed E-state index contributed by atoms with van der Waals surface area (Å²) in [7, 11) is 0. The Morgan fingerprint density at radius 3 is 2.40 bits per heavy atom. The first-order valence-corrected chi connectivity index (χ1v) is 8.39. The lowest BCUT2D eigenvalue weighted by Crippen LogP contribution is -2.34. The molecule has 0 unspecified atom stereocenters. The van der Waals surface area contributed by atoms with Gasteiger partial charge in [0.15, 0.2) is 0 Å². The van der Waals surface area contributed by atoms with E-state index in [4.69, 9.17) is 0 Å². The Hall–Kier alpha value is -2.30. The molecule has 1 saturated carbocycles. The van der Waals surface area contributed by atoms with Gasteiger partial charge < -0.3 is 4.90 Å². The smallest absolute Gasteiger partial charge is 0.325 e. The molecule has 2 nitrogen and oxygen atoms in total. The van der Waals surface area contributed by atoms with Crippen molar-refractivity contribution in [3.8, 4) is 0 Å². The van der Waals surface area contributed by atoms with Crippen LogP contribution in [0.2, 0.25) is 0 Å². The minimum Gasteiger partial charge on any atom is -0.325 e. The second-order valence-electron chi connectivity index (χ2n) is 7.01. The summed E-state index contributed by atoms with van der Waals surface area (Å²) in [5.41, 5.74) is 3.51. The van der Waals surface area contributed by atoms with Gasteiger partial charge in [-0.15, -0.1) is 0 Å². The number of benzene rings is 2. The van der Waals surface area contributed by atoms with Crippen LogP contribution in [0.3, 0.4) is 0 Å². The van der Waals surface area contributed by atoms with E-state index >= 15 is 0 Å². The Labute approximate surface area is 144 Å². The van der Waals surface area contributed by atoms with E-state index in [0.29, 0.717) is 28.9 Å². The van der Waals surface area contributed by atoms with Gasteiger partial charge in [-0.1, -0.05) is 49.4 Å². The fourth-order valence-electron chi connectivity index (χ4n) is 4.11. The average molecular weight is 345 g/mol. The van der Waals surface area contributed by atoms with Gasteiger partial charge in [-0.3, -0.25) is 4.79 Å². The van der Waals surface area contributed by atoms with Crippen LogP contribution in [0.1, 0.15) is 45.8 Å². The second-order valence-corrected chi connectivity index (χ2v) is 7.01. The van der Waals surface area contributed by atoms with Crippen molar-refractivity contribution in [3.05, 3.63) is 70.8 Å². The van der Waals surface area contributed by atoms with Crippen LogP contribution in [-0.2, 0) is 6.54 Å². The highest BCUT2D eigenvalue weighted by Crippen LogP contribution is 2.60. The molecule has 1 amide bonds. The third-order valence-electron chi connectivity index (χ3n) is 5.33. The minimum absolute atomic E-state index is 0.0403. The monoisotopic (exact) mass is 345 g/mol. The third kappa shape index (κ3) is 2.92. The van der Waals surface area contributed by atoms with Crippen LogP contribution in [0.4, 0.5) is 13.2 Å². The van der Waals surface area contributed by atoms with Crippen molar-refractivity contribution >= 4 is 5.91 Å². The summed E-state index contributed by atoms with van der Waals surface area (Å²) in [5.74, 6) is 0.758. The van der Waals surface area contributed by atoms with Gasteiger partial charge in [0.25, 0.3) is 5.91 Å². The number of hydrogen-bond donors (Lipinski definition) is 0. The summed E-state index contributed by atoms with van der Waals surface area (Å²) in [4.78, 5) is 13.0. The zero-order chi connectivity index (χ0) is 17.8. The van der Waals surface area contributed by atoms with Crippen LogP contribution < -0.4 is 0 Å². The SMILES string of the molecule is C[C@@H]1[C@H](c2ccccc2)[C@H]1c1ccc2c(c1)CN(CC(F)(F)F)C2=O. The molecule has 0 aromatic heterocycles. The highest BCUT2D eigenvalue weighted by molar-refractivity contribution is 5.98. The summed E-state index contributed by atoms with van der Waals surface area (Å²) in [5, 5.41) is 0. The fraction of sp³-hybridized carbons (Fsp3) is 0.350. The summed E-state index contributed by atoms with van der Waals surface area (Å²) < 4.78 is 37.9. The molecule has 1 heterocycles. The van der Waals surface area contributed by atoms with E-state index in [2.05, 4.69) is 19.1 Å². The van der Waals surface area contributed by atoms with Gasteiger partial charge >= 0.3 is 6.18 Å². The molecule has 2 aromatic rings. The first kappa shape index (κ1) is 16.2. The lowest BCUT2D eigenvalue weighted by atomic mass is 10.0. The van der Waals surface area contributed by atoms with Gasteiger partial charge in [0, 0.05) is 12.1 Å². The Kier molecular flexibility index (Phi) is 3.63. The standard InChI is InChI=1S/C20H18F3NO/c1-12-17(13-5-3-2-4-6-13)18(12)14-7-8-16-15(9-14)10-24(19(16)25)11-20(21,22)23/h2-9,12,17-18H,10-11H2,1H3/t12-,17-,18-/m1/s1. The zero-order valence-corrected chi connectivity index (χ0v) is 13.8. The minimum atomic E-state index is -4.37. The molecule has 0 radical (unpaired) electrons. The van der Waals surface area contributed by atoms with Crippen molar-refractivity contribution in [1.29, 1.82) is 0 Å². The predicted octanol–water partition coefficient (Wildman–Crippen LogP) is 4.72. The molecular formula is C20H18F3NO. The number of hydrogen-bond acceptors (Lipinski definition) is 1. The first-order chi connectivity index (χ1) is 11.8. The van der Waals surface area contributed by atoms with Crippen LogP contribution in [-0.4, -0.2) is 23.5 Å². The maximum atomic E-state index is 12.6. The summed E-state index contributed by atoms with van der Waals surface area (Å²) in [6.07, 6.45) is -4.37. The molecule has 130 valence electrons. The molecule has 0 bridgehead atoms.